The molecule has 0 aliphatic heterocycles. The van der Waals surface area contributed by atoms with Crippen LogP contribution in [0.5, 0.6) is 0 Å². The van der Waals surface area contributed by atoms with Gasteiger partial charge in [0.25, 0.3) is 11.8 Å². The first-order valence-corrected chi connectivity index (χ1v) is 11.6. The van der Waals surface area contributed by atoms with Crippen molar-refractivity contribution in [3.05, 3.63) is 94.8 Å². The number of anilines is 1. The lowest BCUT2D eigenvalue weighted by Crippen LogP contribution is -2.36. The summed E-state index contributed by atoms with van der Waals surface area (Å²) in [4.78, 5) is 43.0. The molecule has 0 bridgehead atoms. The minimum absolute atomic E-state index is 0.0721. The highest BCUT2D eigenvalue weighted by atomic mass is 35.5. The van der Waals surface area contributed by atoms with E-state index in [0.29, 0.717) is 5.69 Å². The fraction of sp³-hybridized carbons (Fsp3) is 0.115. The van der Waals surface area contributed by atoms with E-state index in [-0.39, 0.29) is 45.8 Å². The summed E-state index contributed by atoms with van der Waals surface area (Å²) in [7, 11) is 3.11. The standard InChI is InChI=1S/C26H21ClF2N6O3/c1-34(2)23(36)14-31-26(38)21-13-22(35(33-21)15-7-4-3-5-8-15)32-25(37)16-11-17(20(29)12-18(16)27)24-19(28)9-6-10-30-24/h3-13H,14H2,1-2H3,(H,31,38)(H,32,37). The first-order chi connectivity index (χ1) is 18.2. The second kappa shape index (κ2) is 11.2. The molecule has 2 N–H and O–H groups in total. The van der Waals surface area contributed by atoms with Gasteiger partial charge in [-0.25, -0.2) is 13.5 Å². The van der Waals surface area contributed by atoms with Gasteiger partial charge in [0.15, 0.2) is 5.69 Å². The van der Waals surface area contributed by atoms with E-state index < -0.39 is 23.4 Å². The van der Waals surface area contributed by atoms with Crippen LogP contribution in [0, 0.1) is 11.6 Å². The van der Waals surface area contributed by atoms with Crippen molar-refractivity contribution < 1.29 is 23.2 Å². The number of hydrogen-bond acceptors (Lipinski definition) is 5. The average molecular weight is 539 g/mol. The lowest BCUT2D eigenvalue weighted by atomic mass is 10.1. The fourth-order valence-corrected chi connectivity index (χ4v) is 3.66. The molecule has 0 fully saturated rings. The van der Waals surface area contributed by atoms with Crippen LogP contribution in [0.2, 0.25) is 5.02 Å². The van der Waals surface area contributed by atoms with Crippen LogP contribution in [0.25, 0.3) is 16.9 Å². The minimum atomic E-state index is -0.857. The van der Waals surface area contributed by atoms with E-state index in [2.05, 4.69) is 20.7 Å². The van der Waals surface area contributed by atoms with Crippen molar-refractivity contribution in [1.82, 2.24) is 25.0 Å². The van der Waals surface area contributed by atoms with Crippen molar-refractivity contribution in [1.29, 1.82) is 0 Å². The van der Waals surface area contributed by atoms with Gasteiger partial charge in [0, 0.05) is 31.9 Å². The topological polar surface area (TPSA) is 109 Å². The number of carbonyl (C=O) groups is 3. The van der Waals surface area contributed by atoms with Gasteiger partial charge >= 0.3 is 0 Å². The molecule has 4 rings (SSSR count). The average Bonchev–Trinajstić information content (AvgIpc) is 3.32. The Bertz CT molecular complexity index is 1520. The van der Waals surface area contributed by atoms with Crippen molar-refractivity contribution in [2.24, 2.45) is 0 Å². The highest BCUT2D eigenvalue weighted by molar-refractivity contribution is 6.34. The monoisotopic (exact) mass is 538 g/mol. The van der Waals surface area contributed by atoms with Crippen LogP contribution >= 0.6 is 11.6 Å². The van der Waals surface area contributed by atoms with E-state index in [4.69, 9.17) is 11.6 Å². The molecule has 3 amide bonds. The molecule has 2 heterocycles. The summed E-state index contributed by atoms with van der Waals surface area (Å²) in [6.07, 6.45) is 1.29. The minimum Gasteiger partial charge on any atom is -0.347 e. The SMILES string of the molecule is CN(C)C(=O)CNC(=O)c1cc(NC(=O)c2cc(-c3ncccc3F)c(F)cc2Cl)n(-c2ccccc2)n1. The van der Waals surface area contributed by atoms with Gasteiger partial charge in [-0.1, -0.05) is 29.8 Å². The van der Waals surface area contributed by atoms with Crippen molar-refractivity contribution in [3.63, 3.8) is 0 Å². The molecule has 12 heteroatoms. The smallest absolute Gasteiger partial charge is 0.272 e. The summed E-state index contributed by atoms with van der Waals surface area (Å²) < 4.78 is 30.2. The third-order valence-corrected chi connectivity index (χ3v) is 5.71. The third kappa shape index (κ3) is 5.68. The quantitative estimate of drug-likeness (QED) is 0.370. The highest BCUT2D eigenvalue weighted by Crippen LogP contribution is 2.30. The molecule has 0 unspecified atom stereocenters. The number of nitrogens with one attached hydrogen (secondary N) is 2. The number of amides is 3. The molecular weight excluding hydrogens is 518 g/mol. The van der Waals surface area contributed by atoms with Gasteiger partial charge in [-0.05, 0) is 36.4 Å². The highest BCUT2D eigenvalue weighted by Gasteiger charge is 2.22. The van der Waals surface area contributed by atoms with E-state index >= 15 is 0 Å². The first-order valence-electron chi connectivity index (χ1n) is 11.2. The van der Waals surface area contributed by atoms with Gasteiger partial charge in [-0.15, -0.1) is 0 Å². The summed E-state index contributed by atoms with van der Waals surface area (Å²) in [6, 6.07) is 14.4. The molecule has 2 aromatic carbocycles. The summed E-state index contributed by atoms with van der Waals surface area (Å²) in [5.74, 6) is -3.26. The molecule has 9 nitrogen and oxygen atoms in total. The molecule has 194 valence electrons. The van der Waals surface area contributed by atoms with Crippen molar-refractivity contribution in [3.8, 4) is 16.9 Å². The normalized spacial score (nSPS) is 10.7. The Kier molecular flexibility index (Phi) is 7.77. The lowest BCUT2D eigenvalue weighted by Gasteiger charge is -2.12. The molecule has 0 aliphatic rings. The summed E-state index contributed by atoms with van der Waals surface area (Å²) in [5, 5.41) is 9.16. The first kappa shape index (κ1) is 26.4. The number of nitrogens with zero attached hydrogens (tertiary/aromatic N) is 4. The van der Waals surface area contributed by atoms with Gasteiger partial charge in [-0.2, -0.15) is 5.10 Å². The molecule has 0 spiro atoms. The Labute approximate surface area is 221 Å². The van der Waals surface area contributed by atoms with Crippen LogP contribution in [0.4, 0.5) is 14.6 Å². The number of hydrogen-bond donors (Lipinski definition) is 2. The fourth-order valence-electron chi connectivity index (χ4n) is 3.42. The van der Waals surface area contributed by atoms with E-state index in [0.717, 1.165) is 18.2 Å². The Balaban J connectivity index is 1.68. The molecule has 38 heavy (non-hydrogen) atoms. The number of aromatic nitrogens is 3. The van der Waals surface area contributed by atoms with Gasteiger partial charge in [0.05, 0.1) is 22.8 Å². The molecule has 0 saturated carbocycles. The molecule has 0 radical (unpaired) electrons. The summed E-state index contributed by atoms with van der Waals surface area (Å²) in [5.41, 5.74) is -0.238. The zero-order valence-electron chi connectivity index (χ0n) is 20.2. The Morgan fingerprint density at radius 3 is 2.39 bits per heavy atom. The summed E-state index contributed by atoms with van der Waals surface area (Å²) >= 11 is 6.16. The molecule has 0 aliphatic carbocycles. The maximum absolute atomic E-state index is 14.6. The van der Waals surface area contributed by atoms with Gasteiger partial charge < -0.3 is 15.5 Å². The van der Waals surface area contributed by atoms with Crippen molar-refractivity contribution in [2.45, 2.75) is 0 Å². The molecular formula is C26H21ClF2N6O3. The zero-order valence-corrected chi connectivity index (χ0v) is 21.0. The number of pyridine rings is 1. The van der Waals surface area contributed by atoms with Gasteiger partial charge in [0.1, 0.15) is 23.1 Å². The Hall–Kier alpha value is -4.64. The summed E-state index contributed by atoms with van der Waals surface area (Å²) in [6.45, 7) is -0.246. The zero-order chi connectivity index (χ0) is 27.4. The van der Waals surface area contributed by atoms with Crippen LogP contribution in [0.15, 0.2) is 66.9 Å². The Morgan fingerprint density at radius 2 is 1.71 bits per heavy atom. The molecule has 0 saturated heterocycles. The predicted octanol–water partition coefficient (Wildman–Crippen LogP) is 3.94. The van der Waals surface area contributed by atoms with Crippen molar-refractivity contribution in [2.75, 3.05) is 26.0 Å². The van der Waals surface area contributed by atoms with E-state index in [1.54, 1.807) is 44.4 Å². The van der Waals surface area contributed by atoms with Crippen LogP contribution in [-0.4, -0.2) is 58.0 Å². The third-order valence-electron chi connectivity index (χ3n) is 5.40. The molecule has 4 aromatic rings. The number of para-hydroxylation sites is 1. The van der Waals surface area contributed by atoms with Crippen LogP contribution < -0.4 is 10.6 Å². The van der Waals surface area contributed by atoms with Crippen LogP contribution in [-0.2, 0) is 4.79 Å². The number of halogens is 3. The predicted molar refractivity (Wildman–Crippen MR) is 137 cm³/mol. The second-order valence-corrected chi connectivity index (χ2v) is 8.64. The Morgan fingerprint density at radius 1 is 0.974 bits per heavy atom. The molecule has 0 atom stereocenters. The van der Waals surface area contributed by atoms with E-state index in [9.17, 15) is 23.2 Å². The van der Waals surface area contributed by atoms with Crippen LogP contribution in [0.3, 0.4) is 0 Å². The maximum atomic E-state index is 14.6. The van der Waals surface area contributed by atoms with Crippen LogP contribution in [0.1, 0.15) is 20.8 Å². The number of likely N-dealkylation sites (N-methyl/N-ethyl adjacent to an activating group) is 1. The largest absolute Gasteiger partial charge is 0.347 e. The second-order valence-electron chi connectivity index (χ2n) is 8.23. The van der Waals surface area contributed by atoms with Gasteiger partial charge in [0.2, 0.25) is 5.91 Å². The number of carbonyl (C=O) groups excluding carboxylic acids is 3. The molecule has 2 aromatic heterocycles. The van der Waals surface area contributed by atoms with Gasteiger partial charge in [-0.3, -0.25) is 19.4 Å². The van der Waals surface area contributed by atoms with E-state index in [1.165, 1.54) is 27.9 Å². The lowest BCUT2D eigenvalue weighted by molar-refractivity contribution is -0.127. The number of benzene rings is 2. The van der Waals surface area contributed by atoms with E-state index in [1.807, 2.05) is 0 Å². The maximum Gasteiger partial charge on any atom is 0.272 e. The van der Waals surface area contributed by atoms with Crippen molar-refractivity contribution >= 4 is 35.1 Å². The number of rotatable bonds is 7.